The summed E-state index contributed by atoms with van der Waals surface area (Å²) in [5.41, 5.74) is 6.85. The van der Waals surface area contributed by atoms with Crippen molar-refractivity contribution in [2.75, 3.05) is 31.6 Å². The van der Waals surface area contributed by atoms with Gasteiger partial charge in [-0.1, -0.05) is 30.3 Å². The van der Waals surface area contributed by atoms with E-state index in [2.05, 4.69) is 15.2 Å². The smallest absolute Gasteiger partial charge is 0.250 e. The number of ether oxygens (including phenoxy) is 1. The van der Waals surface area contributed by atoms with Gasteiger partial charge in [0.1, 0.15) is 5.54 Å². The van der Waals surface area contributed by atoms with Crippen LogP contribution in [0.2, 0.25) is 0 Å². The minimum atomic E-state index is -1.10. The number of benzene rings is 1. The Morgan fingerprint density at radius 1 is 1.38 bits per heavy atom. The molecule has 2 aromatic rings. The molecule has 1 amide bonds. The summed E-state index contributed by atoms with van der Waals surface area (Å²) in [5, 5.41) is 5.39. The first-order valence-electron chi connectivity index (χ1n) is 7.96. The number of thiazole rings is 1. The molecule has 0 radical (unpaired) electrons. The topological polar surface area (TPSA) is 80.5 Å². The van der Waals surface area contributed by atoms with E-state index in [-0.39, 0.29) is 5.91 Å². The summed E-state index contributed by atoms with van der Waals surface area (Å²) in [6.45, 7) is 5.82. The predicted molar refractivity (Wildman–Crippen MR) is 94.8 cm³/mol. The van der Waals surface area contributed by atoms with Crippen molar-refractivity contribution in [1.82, 2.24) is 9.88 Å². The molecular weight excluding hydrogens is 324 g/mol. The molecule has 128 valence electrons. The molecule has 6 nitrogen and oxygen atoms in total. The molecule has 1 saturated heterocycles. The minimum absolute atomic E-state index is 0.263. The molecule has 1 aliphatic heterocycles. The Hall–Kier alpha value is -1.80. The number of rotatable bonds is 5. The lowest BCUT2D eigenvalue weighted by Crippen LogP contribution is -2.45. The van der Waals surface area contributed by atoms with E-state index in [0.29, 0.717) is 5.13 Å². The zero-order valence-corrected chi connectivity index (χ0v) is 14.5. The average molecular weight is 346 g/mol. The summed E-state index contributed by atoms with van der Waals surface area (Å²) in [5.74, 6) is -0.263. The fraction of sp³-hybridized carbons (Fsp3) is 0.412. The monoisotopic (exact) mass is 346 g/mol. The lowest BCUT2D eigenvalue weighted by Gasteiger charge is -2.25. The number of aromatic nitrogens is 1. The maximum absolute atomic E-state index is 12.5. The van der Waals surface area contributed by atoms with Crippen molar-refractivity contribution in [3.63, 3.8) is 0 Å². The highest BCUT2D eigenvalue weighted by Crippen LogP contribution is 2.22. The Labute approximate surface area is 145 Å². The van der Waals surface area contributed by atoms with Gasteiger partial charge in [0.05, 0.1) is 18.9 Å². The van der Waals surface area contributed by atoms with Crippen molar-refractivity contribution < 1.29 is 9.53 Å². The van der Waals surface area contributed by atoms with Gasteiger partial charge in [0.2, 0.25) is 0 Å². The standard InChI is InChI=1S/C17H22N4O2S/c1-17(18,13-5-3-2-4-6-13)15(22)20-16-19-14(12-24-16)11-21-7-9-23-10-8-21/h2-6,12H,7-11,18H2,1H3,(H,19,20,22). The molecule has 3 N–H and O–H groups in total. The highest BCUT2D eigenvalue weighted by molar-refractivity contribution is 7.13. The van der Waals surface area contributed by atoms with Crippen LogP contribution in [0.1, 0.15) is 18.2 Å². The summed E-state index contributed by atoms with van der Waals surface area (Å²) in [4.78, 5) is 19.3. The zero-order valence-electron chi connectivity index (χ0n) is 13.7. The fourth-order valence-corrected chi connectivity index (χ4v) is 3.26. The molecule has 1 aliphatic rings. The first kappa shape index (κ1) is 17.0. The third kappa shape index (κ3) is 3.99. The van der Waals surface area contributed by atoms with E-state index < -0.39 is 5.54 Å². The summed E-state index contributed by atoms with van der Waals surface area (Å²) in [6.07, 6.45) is 0. The highest BCUT2D eigenvalue weighted by Gasteiger charge is 2.31. The third-order valence-electron chi connectivity index (χ3n) is 4.11. The SMILES string of the molecule is CC(N)(C(=O)Nc1nc(CN2CCOCC2)cs1)c1ccccc1. The van der Waals surface area contributed by atoms with E-state index in [1.165, 1.54) is 11.3 Å². The quantitative estimate of drug-likeness (QED) is 0.863. The molecule has 1 atom stereocenters. The maximum atomic E-state index is 12.5. The molecule has 2 heterocycles. The van der Waals surface area contributed by atoms with Crippen LogP contribution in [0.3, 0.4) is 0 Å². The number of hydrogen-bond acceptors (Lipinski definition) is 6. The van der Waals surface area contributed by atoms with Gasteiger partial charge in [-0.05, 0) is 12.5 Å². The van der Waals surface area contributed by atoms with E-state index in [4.69, 9.17) is 10.5 Å². The number of amides is 1. The number of morpholine rings is 1. The van der Waals surface area contributed by atoms with Gasteiger partial charge in [-0.15, -0.1) is 11.3 Å². The maximum Gasteiger partial charge on any atom is 0.250 e. The molecular formula is C17H22N4O2S. The number of carbonyl (C=O) groups is 1. The Balaban J connectivity index is 1.62. The summed E-state index contributed by atoms with van der Waals surface area (Å²) in [7, 11) is 0. The van der Waals surface area contributed by atoms with Crippen LogP contribution in [0.5, 0.6) is 0 Å². The molecule has 7 heteroatoms. The first-order valence-corrected chi connectivity index (χ1v) is 8.84. The minimum Gasteiger partial charge on any atom is -0.379 e. The molecule has 0 bridgehead atoms. The summed E-state index contributed by atoms with van der Waals surface area (Å²) >= 11 is 1.42. The van der Waals surface area contributed by atoms with Crippen LogP contribution in [0, 0.1) is 0 Å². The molecule has 0 saturated carbocycles. The summed E-state index contributed by atoms with van der Waals surface area (Å²) in [6, 6.07) is 9.35. The predicted octanol–water partition coefficient (Wildman–Crippen LogP) is 1.79. The van der Waals surface area contributed by atoms with Gasteiger partial charge in [-0.25, -0.2) is 4.98 Å². The molecule has 0 aliphatic carbocycles. The first-order chi connectivity index (χ1) is 11.6. The van der Waals surface area contributed by atoms with E-state index >= 15 is 0 Å². The van der Waals surface area contributed by atoms with Crippen molar-refractivity contribution in [3.05, 3.63) is 47.0 Å². The van der Waals surface area contributed by atoms with Crippen molar-refractivity contribution >= 4 is 22.4 Å². The van der Waals surface area contributed by atoms with E-state index in [1.54, 1.807) is 6.92 Å². The molecule has 3 rings (SSSR count). The summed E-state index contributed by atoms with van der Waals surface area (Å²) < 4.78 is 5.34. The van der Waals surface area contributed by atoms with Crippen LogP contribution in [-0.4, -0.2) is 42.1 Å². The van der Waals surface area contributed by atoms with Crippen molar-refractivity contribution in [1.29, 1.82) is 0 Å². The molecule has 0 spiro atoms. The van der Waals surface area contributed by atoms with E-state index in [9.17, 15) is 4.79 Å². The Kier molecular flexibility index (Phi) is 5.25. The normalized spacial score (nSPS) is 18.1. The molecule has 1 fully saturated rings. The Morgan fingerprint density at radius 2 is 2.08 bits per heavy atom. The van der Waals surface area contributed by atoms with Gasteiger partial charge in [0.25, 0.3) is 5.91 Å². The highest BCUT2D eigenvalue weighted by atomic mass is 32.1. The lowest BCUT2D eigenvalue weighted by molar-refractivity contribution is -0.120. The molecule has 1 aromatic carbocycles. The van der Waals surface area contributed by atoms with Crippen LogP contribution < -0.4 is 11.1 Å². The Bertz CT molecular complexity index is 681. The molecule has 1 unspecified atom stereocenters. The van der Waals surface area contributed by atoms with Gasteiger partial charge in [-0.3, -0.25) is 9.69 Å². The van der Waals surface area contributed by atoms with Gasteiger partial charge >= 0.3 is 0 Å². The van der Waals surface area contributed by atoms with Crippen LogP contribution in [-0.2, 0) is 21.6 Å². The van der Waals surface area contributed by atoms with Crippen LogP contribution >= 0.6 is 11.3 Å². The fourth-order valence-electron chi connectivity index (χ4n) is 2.57. The van der Waals surface area contributed by atoms with Crippen LogP contribution in [0.15, 0.2) is 35.7 Å². The van der Waals surface area contributed by atoms with Gasteiger partial charge in [0.15, 0.2) is 5.13 Å². The lowest BCUT2D eigenvalue weighted by atomic mass is 9.92. The van der Waals surface area contributed by atoms with Crippen molar-refractivity contribution in [2.45, 2.75) is 19.0 Å². The second-order valence-electron chi connectivity index (χ2n) is 6.06. The van der Waals surface area contributed by atoms with Gasteiger partial charge in [0, 0.05) is 25.0 Å². The van der Waals surface area contributed by atoms with Crippen LogP contribution in [0.4, 0.5) is 5.13 Å². The zero-order chi connectivity index (χ0) is 17.0. The van der Waals surface area contributed by atoms with Crippen molar-refractivity contribution in [3.8, 4) is 0 Å². The molecule has 1 aromatic heterocycles. The Morgan fingerprint density at radius 3 is 2.79 bits per heavy atom. The number of nitrogens with two attached hydrogens (primary N) is 1. The second-order valence-corrected chi connectivity index (χ2v) is 6.91. The number of nitrogens with one attached hydrogen (secondary N) is 1. The van der Waals surface area contributed by atoms with Crippen LogP contribution in [0.25, 0.3) is 0 Å². The largest absolute Gasteiger partial charge is 0.379 e. The number of nitrogens with zero attached hydrogens (tertiary/aromatic N) is 2. The molecule has 24 heavy (non-hydrogen) atoms. The van der Waals surface area contributed by atoms with E-state index in [1.807, 2.05) is 35.7 Å². The number of carbonyl (C=O) groups excluding carboxylic acids is 1. The van der Waals surface area contributed by atoms with Gasteiger partial charge in [-0.2, -0.15) is 0 Å². The third-order valence-corrected chi connectivity index (χ3v) is 4.91. The number of anilines is 1. The van der Waals surface area contributed by atoms with E-state index in [0.717, 1.165) is 44.1 Å². The van der Waals surface area contributed by atoms with Crippen molar-refractivity contribution in [2.24, 2.45) is 5.73 Å². The van der Waals surface area contributed by atoms with Gasteiger partial charge < -0.3 is 15.8 Å². The average Bonchev–Trinajstić information content (AvgIpc) is 3.03. The second kappa shape index (κ2) is 7.40. The number of hydrogen-bond donors (Lipinski definition) is 2.